The van der Waals surface area contributed by atoms with Gasteiger partial charge in [-0.25, -0.2) is 4.79 Å². The Morgan fingerprint density at radius 2 is 2.00 bits per heavy atom. The summed E-state index contributed by atoms with van der Waals surface area (Å²) >= 11 is 0. The lowest BCUT2D eigenvalue weighted by molar-refractivity contribution is 0.0589. The van der Waals surface area contributed by atoms with E-state index >= 15 is 0 Å². The van der Waals surface area contributed by atoms with E-state index in [-0.39, 0.29) is 5.56 Å². The SMILES string of the molecule is CN(C(=O)OC(C)(C)C)c1ccn(C)c(=O)c1. The molecule has 1 rings (SSSR count). The number of ether oxygens (including phenoxy) is 1. The Morgan fingerprint density at radius 3 is 2.47 bits per heavy atom. The van der Waals surface area contributed by atoms with Gasteiger partial charge in [-0.2, -0.15) is 0 Å². The molecule has 1 aromatic rings. The Kier molecular flexibility index (Phi) is 3.60. The van der Waals surface area contributed by atoms with Crippen molar-refractivity contribution in [3.8, 4) is 0 Å². The van der Waals surface area contributed by atoms with Crippen LogP contribution in [0.1, 0.15) is 20.8 Å². The standard InChI is InChI=1S/C12H18N2O3/c1-12(2,3)17-11(16)14(5)9-6-7-13(4)10(15)8-9/h6-8H,1-5H3. The Labute approximate surface area is 101 Å². The number of amides is 1. The number of hydrogen-bond donors (Lipinski definition) is 0. The van der Waals surface area contributed by atoms with Gasteiger partial charge in [0.1, 0.15) is 5.60 Å². The molecule has 5 nitrogen and oxygen atoms in total. The number of aromatic nitrogens is 1. The van der Waals surface area contributed by atoms with Gasteiger partial charge in [0.25, 0.3) is 5.56 Å². The predicted molar refractivity (Wildman–Crippen MR) is 66.3 cm³/mol. The second kappa shape index (κ2) is 4.61. The van der Waals surface area contributed by atoms with E-state index in [4.69, 9.17) is 4.74 Å². The fourth-order valence-electron chi connectivity index (χ4n) is 1.18. The molecule has 0 radical (unpaired) electrons. The molecule has 0 bridgehead atoms. The van der Waals surface area contributed by atoms with E-state index in [9.17, 15) is 9.59 Å². The maximum atomic E-state index is 11.8. The molecule has 0 atom stereocenters. The quantitative estimate of drug-likeness (QED) is 0.749. The molecule has 94 valence electrons. The topological polar surface area (TPSA) is 51.5 Å². The third kappa shape index (κ3) is 3.62. The molecule has 17 heavy (non-hydrogen) atoms. The molecule has 1 heterocycles. The Bertz CT molecular complexity index is 471. The maximum Gasteiger partial charge on any atom is 0.414 e. The molecule has 0 saturated heterocycles. The molecule has 0 unspecified atom stereocenters. The highest BCUT2D eigenvalue weighted by Crippen LogP contribution is 2.14. The third-order valence-corrected chi connectivity index (χ3v) is 2.14. The van der Waals surface area contributed by atoms with Crippen LogP contribution in [-0.4, -0.2) is 23.3 Å². The number of carbonyl (C=O) groups is 1. The first-order valence-electron chi connectivity index (χ1n) is 5.34. The summed E-state index contributed by atoms with van der Waals surface area (Å²) in [5, 5.41) is 0. The molecule has 0 aliphatic carbocycles. The van der Waals surface area contributed by atoms with Gasteiger partial charge in [0.15, 0.2) is 0 Å². The fraction of sp³-hybridized carbons (Fsp3) is 0.500. The van der Waals surface area contributed by atoms with Gasteiger partial charge in [-0.3, -0.25) is 9.69 Å². The minimum Gasteiger partial charge on any atom is -0.443 e. The minimum absolute atomic E-state index is 0.169. The largest absolute Gasteiger partial charge is 0.443 e. The van der Waals surface area contributed by atoms with Crippen molar-refractivity contribution in [3.63, 3.8) is 0 Å². The van der Waals surface area contributed by atoms with Crippen molar-refractivity contribution in [3.05, 3.63) is 28.7 Å². The zero-order valence-electron chi connectivity index (χ0n) is 10.9. The highest BCUT2D eigenvalue weighted by atomic mass is 16.6. The molecular weight excluding hydrogens is 220 g/mol. The van der Waals surface area contributed by atoms with Crippen LogP contribution in [0.5, 0.6) is 0 Å². The average Bonchev–Trinajstić information content (AvgIpc) is 2.18. The van der Waals surface area contributed by atoms with Crippen molar-refractivity contribution in [2.75, 3.05) is 11.9 Å². The first-order chi connectivity index (χ1) is 7.70. The van der Waals surface area contributed by atoms with Crippen LogP contribution in [0.4, 0.5) is 10.5 Å². The molecule has 5 heteroatoms. The van der Waals surface area contributed by atoms with Crippen LogP contribution < -0.4 is 10.5 Å². The molecule has 0 N–H and O–H groups in total. The summed E-state index contributed by atoms with van der Waals surface area (Å²) in [6.07, 6.45) is 1.13. The van der Waals surface area contributed by atoms with E-state index < -0.39 is 11.7 Å². The van der Waals surface area contributed by atoms with Gasteiger partial charge in [-0.15, -0.1) is 0 Å². The number of rotatable bonds is 1. The van der Waals surface area contributed by atoms with Crippen LogP contribution in [0.3, 0.4) is 0 Å². The number of anilines is 1. The van der Waals surface area contributed by atoms with E-state index in [1.54, 1.807) is 47.1 Å². The van der Waals surface area contributed by atoms with Crippen molar-refractivity contribution in [1.29, 1.82) is 0 Å². The number of carbonyl (C=O) groups excluding carboxylic acids is 1. The van der Waals surface area contributed by atoms with Crippen molar-refractivity contribution >= 4 is 11.8 Å². The molecule has 0 aliphatic heterocycles. The number of pyridine rings is 1. The van der Waals surface area contributed by atoms with Crippen molar-refractivity contribution < 1.29 is 9.53 Å². The van der Waals surface area contributed by atoms with Gasteiger partial charge >= 0.3 is 6.09 Å². The maximum absolute atomic E-state index is 11.8. The van der Waals surface area contributed by atoms with E-state index in [0.29, 0.717) is 5.69 Å². The first kappa shape index (κ1) is 13.3. The lowest BCUT2D eigenvalue weighted by Gasteiger charge is -2.24. The Balaban J connectivity index is 2.89. The van der Waals surface area contributed by atoms with Gasteiger partial charge in [-0.1, -0.05) is 0 Å². The van der Waals surface area contributed by atoms with E-state index in [1.165, 1.54) is 15.5 Å². The van der Waals surface area contributed by atoms with Gasteiger partial charge < -0.3 is 9.30 Å². The third-order valence-electron chi connectivity index (χ3n) is 2.14. The van der Waals surface area contributed by atoms with Crippen molar-refractivity contribution in [1.82, 2.24) is 4.57 Å². The molecule has 0 saturated carbocycles. The first-order valence-corrected chi connectivity index (χ1v) is 5.34. The molecule has 0 fully saturated rings. The number of nitrogens with zero attached hydrogens (tertiary/aromatic N) is 2. The molecule has 0 aromatic carbocycles. The normalized spacial score (nSPS) is 11.1. The smallest absolute Gasteiger partial charge is 0.414 e. The summed E-state index contributed by atoms with van der Waals surface area (Å²) in [7, 11) is 3.22. The summed E-state index contributed by atoms with van der Waals surface area (Å²) in [5.41, 5.74) is -0.203. The van der Waals surface area contributed by atoms with Gasteiger partial charge in [0.2, 0.25) is 0 Å². The summed E-state index contributed by atoms with van der Waals surface area (Å²) in [4.78, 5) is 24.5. The molecule has 1 aromatic heterocycles. The summed E-state index contributed by atoms with van der Waals surface area (Å²) < 4.78 is 6.64. The number of aryl methyl sites for hydroxylation is 1. The highest BCUT2D eigenvalue weighted by Gasteiger charge is 2.20. The lowest BCUT2D eigenvalue weighted by Crippen LogP contribution is -2.34. The number of hydrogen-bond acceptors (Lipinski definition) is 3. The van der Waals surface area contributed by atoms with Crippen molar-refractivity contribution in [2.45, 2.75) is 26.4 Å². The van der Waals surface area contributed by atoms with Crippen LogP contribution in [0.25, 0.3) is 0 Å². The second-order valence-corrected chi connectivity index (χ2v) is 4.87. The fourth-order valence-corrected chi connectivity index (χ4v) is 1.18. The summed E-state index contributed by atoms with van der Waals surface area (Å²) in [6.45, 7) is 5.38. The Hall–Kier alpha value is -1.78. The molecule has 0 aliphatic rings. The van der Waals surface area contributed by atoms with Gasteiger partial charge in [-0.05, 0) is 26.8 Å². The minimum atomic E-state index is -0.551. The Morgan fingerprint density at radius 1 is 1.41 bits per heavy atom. The average molecular weight is 238 g/mol. The van der Waals surface area contributed by atoms with Crippen molar-refractivity contribution in [2.24, 2.45) is 7.05 Å². The van der Waals surface area contributed by atoms with Crippen LogP contribution in [0.2, 0.25) is 0 Å². The second-order valence-electron chi connectivity index (χ2n) is 4.87. The predicted octanol–water partition coefficient (Wildman–Crippen LogP) is 1.76. The van der Waals surface area contributed by atoms with Crippen LogP contribution in [0, 0.1) is 0 Å². The monoisotopic (exact) mass is 238 g/mol. The van der Waals surface area contributed by atoms with E-state index in [2.05, 4.69) is 0 Å². The summed E-state index contributed by atoms with van der Waals surface area (Å²) in [6, 6.07) is 3.08. The van der Waals surface area contributed by atoms with Crippen LogP contribution >= 0.6 is 0 Å². The zero-order valence-corrected chi connectivity index (χ0v) is 10.9. The van der Waals surface area contributed by atoms with Crippen LogP contribution in [-0.2, 0) is 11.8 Å². The molecule has 1 amide bonds. The highest BCUT2D eigenvalue weighted by molar-refractivity contribution is 5.87. The van der Waals surface area contributed by atoms with Gasteiger partial charge in [0, 0.05) is 26.4 Å². The van der Waals surface area contributed by atoms with Gasteiger partial charge in [0.05, 0.1) is 5.69 Å². The molecule has 0 spiro atoms. The lowest BCUT2D eigenvalue weighted by atomic mass is 10.2. The molecular formula is C12H18N2O3. The van der Waals surface area contributed by atoms with E-state index in [1.807, 2.05) is 0 Å². The summed E-state index contributed by atoms with van der Waals surface area (Å²) in [5.74, 6) is 0. The van der Waals surface area contributed by atoms with Crippen LogP contribution in [0.15, 0.2) is 23.1 Å². The van der Waals surface area contributed by atoms with E-state index in [0.717, 1.165) is 0 Å². The zero-order chi connectivity index (χ0) is 13.2.